The van der Waals surface area contributed by atoms with Gasteiger partial charge >= 0.3 is 0 Å². The molecule has 3 rings (SSSR count). The first-order valence-electron chi connectivity index (χ1n) is 8.56. The molecule has 5 heteroatoms. The number of hydrogen-bond donors (Lipinski definition) is 2. The number of nitrogens with zero attached hydrogens (tertiary/aromatic N) is 2. The molecule has 1 amide bonds. The number of fused-ring (bicyclic) bond motifs is 1. The molecule has 1 saturated carbocycles. The maximum absolute atomic E-state index is 11.8. The number of anilines is 1. The fraction of sp³-hybridized carbons (Fsp3) is 0.421. The molecule has 1 aromatic carbocycles. The van der Waals surface area contributed by atoms with E-state index in [1.54, 1.807) is 0 Å². The summed E-state index contributed by atoms with van der Waals surface area (Å²) in [6.07, 6.45) is 4.12. The van der Waals surface area contributed by atoms with E-state index in [2.05, 4.69) is 40.7 Å². The summed E-state index contributed by atoms with van der Waals surface area (Å²) in [6.45, 7) is 3.20. The highest BCUT2D eigenvalue weighted by Crippen LogP contribution is 2.26. The summed E-state index contributed by atoms with van der Waals surface area (Å²) in [5.74, 6) is 0.917. The van der Waals surface area contributed by atoms with Crippen molar-refractivity contribution in [2.45, 2.75) is 32.6 Å². The number of rotatable bonds is 6. The third kappa shape index (κ3) is 3.48. The molecule has 1 heterocycles. The van der Waals surface area contributed by atoms with Gasteiger partial charge in [-0.1, -0.05) is 19.4 Å². The highest BCUT2D eigenvalue weighted by atomic mass is 16.1. The standard InChI is InChI=1S/C19H22N4O/c1-2-13-6-7-17-15(10-13)11-16(12-20)18(23-17)21-8-9-22-19(24)14-4-3-5-14/h6-7,10-11,14H,2-5,8-9H2,1H3,(H,21,23)(H,22,24). The molecule has 1 aliphatic rings. The number of hydrogen-bond acceptors (Lipinski definition) is 4. The fourth-order valence-corrected chi connectivity index (χ4v) is 2.85. The van der Waals surface area contributed by atoms with Crippen LogP contribution in [0.1, 0.15) is 37.3 Å². The average molecular weight is 322 g/mol. The Hall–Kier alpha value is -2.61. The lowest BCUT2D eigenvalue weighted by Crippen LogP contribution is -2.37. The van der Waals surface area contributed by atoms with Crippen LogP contribution in [0.25, 0.3) is 10.9 Å². The summed E-state index contributed by atoms with van der Waals surface area (Å²) in [5, 5.41) is 16.4. The zero-order valence-corrected chi connectivity index (χ0v) is 13.9. The molecule has 124 valence electrons. The SMILES string of the molecule is CCc1ccc2nc(NCCNC(=O)C3CCC3)c(C#N)cc2c1. The Kier molecular flexibility index (Phi) is 4.95. The first-order valence-corrected chi connectivity index (χ1v) is 8.56. The van der Waals surface area contributed by atoms with Crippen molar-refractivity contribution < 1.29 is 4.79 Å². The molecule has 5 nitrogen and oxygen atoms in total. The normalized spacial score (nSPS) is 14.0. The van der Waals surface area contributed by atoms with Gasteiger partial charge in [0.15, 0.2) is 0 Å². The maximum Gasteiger partial charge on any atom is 0.223 e. The van der Waals surface area contributed by atoms with Gasteiger partial charge in [-0.25, -0.2) is 4.98 Å². The van der Waals surface area contributed by atoms with Gasteiger partial charge in [0.25, 0.3) is 0 Å². The third-order valence-corrected chi connectivity index (χ3v) is 4.60. The van der Waals surface area contributed by atoms with Gasteiger partial charge in [0, 0.05) is 24.4 Å². The van der Waals surface area contributed by atoms with Gasteiger partial charge in [0.2, 0.25) is 5.91 Å². The molecule has 0 saturated heterocycles. The van der Waals surface area contributed by atoms with E-state index in [0.717, 1.165) is 36.6 Å². The lowest BCUT2D eigenvalue weighted by molar-refractivity contribution is -0.127. The number of amides is 1. The van der Waals surface area contributed by atoms with Crippen LogP contribution >= 0.6 is 0 Å². The Morgan fingerprint density at radius 1 is 1.33 bits per heavy atom. The molecule has 2 aromatic rings. The van der Waals surface area contributed by atoms with E-state index in [1.165, 1.54) is 5.56 Å². The summed E-state index contributed by atoms with van der Waals surface area (Å²) < 4.78 is 0. The summed E-state index contributed by atoms with van der Waals surface area (Å²) in [6, 6.07) is 10.2. The Bertz CT molecular complexity index is 790. The van der Waals surface area contributed by atoms with E-state index in [-0.39, 0.29) is 11.8 Å². The molecule has 1 fully saturated rings. The van der Waals surface area contributed by atoms with Gasteiger partial charge in [-0.15, -0.1) is 0 Å². The first-order chi connectivity index (χ1) is 11.7. The highest BCUT2D eigenvalue weighted by molar-refractivity contribution is 5.83. The number of benzene rings is 1. The van der Waals surface area contributed by atoms with Gasteiger partial charge in [0.1, 0.15) is 11.9 Å². The number of aromatic nitrogens is 1. The first kappa shape index (κ1) is 16.3. The molecular formula is C19H22N4O. The number of nitrogens with one attached hydrogen (secondary N) is 2. The molecule has 0 radical (unpaired) electrons. The third-order valence-electron chi connectivity index (χ3n) is 4.60. The Labute approximate surface area is 142 Å². The molecule has 0 spiro atoms. The minimum Gasteiger partial charge on any atom is -0.367 e. The van der Waals surface area contributed by atoms with Crippen LogP contribution in [0.15, 0.2) is 24.3 Å². The van der Waals surface area contributed by atoms with Crippen LogP contribution in [-0.4, -0.2) is 24.0 Å². The van der Waals surface area contributed by atoms with Crippen LogP contribution in [0.5, 0.6) is 0 Å². The van der Waals surface area contributed by atoms with Gasteiger partial charge in [-0.2, -0.15) is 5.26 Å². The number of nitriles is 1. The lowest BCUT2D eigenvalue weighted by atomic mass is 9.85. The maximum atomic E-state index is 11.8. The quantitative estimate of drug-likeness (QED) is 0.802. The molecule has 0 unspecified atom stereocenters. The Morgan fingerprint density at radius 2 is 2.17 bits per heavy atom. The zero-order chi connectivity index (χ0) is 16.9. The topological polar surface area (TPSA) is 77.8 Å². The molecule has 24 heavy (non-hydrogen) atoms. The van der Waals surface area contributed by atoms with Crippen LogP contribution in [0.2, 0.25) is 0 Å². The molecule has 1 aliphatic carbocycles. The smallest absolute Gasteiger partial charge is 0.223 e. The lowest BCUT2D eigenvalue weighted by Gasteiger charge is -2.24. The predicted molar refractivity (Wildman–Crippen MR) is 94.7 cm³/mol. The van der Waals surface area contributed by atoms with Crippen molar-refractivity contribution in [2.24, 2.45) is 5.92 Å². The second-order valence-corrected chi connectivity index (χ2v) is 6.22. The Balaban J connectivity index is 1.65. The molecule has 1 aromatic heterocycles. The van der Waals surface area contributed by atoms with Crippen LogP contribution in [0.4, 0.5) is 5.82 Å². The summed E-state index contributed by atoms with van der Waals surface area (Å²) in [7, 11) is 0. The number of carbonyl (C=O) groups excluding carboxylic acids is 1. The number of pyridine rings is 1. The van der Waals surface area contributed by atoms with Crippen molar-refractivity contribution in [3.8, 4) is 6.07 Å². The fourth-order valence-electron chi connectivity index (χ4n) is 2.85. The van der Waals surface area contributed by atoms with Crippen molar-refractivity contribution in [1.29, 1.82) is 5.26 Å². The van der Waals surface area contributed by atoms with Gasteiger partial charge in [0.05, 0.1) is 11.1 Å². The molecular weight excluding hydrogens is 300 g/mol. The van der Waals surface area contributed by atoms with Gasteiger partial charge < -0.3 is 10.6 Å². The van der Waals surface area contributed by atoms with Crippen LogP contribution < -0.4 is 10.6 Å². The second-order valence-electron chi connectivity index (χ2n) is 6.22. The van der Waals surface area contributed by atoms with Gasteiger partial charge in [-0.3, -0.25) is 4.79 Å². The molecule has 0 bridgehead atoms. The van der Waals surface area contributed by atoms with E-state index in [0.29, 0.717) is 24.5 Å². The minimum absolute atomic E-state index is 0.141. The Morgan fingerprint density at radius 3 is 2.83 bits per heavy atom. The molecule has 0 aliphatic heterocycles. The van der Waals surface area contributed by atoms with E-state index >= 15 is 0 Å². The zero-order valence-electron chi connectivity index (χ0n) is 13.9. The van der Waals surface area contributed by atoms with Crippen LogP contribution in [0.3, 0.4) is 0 Å². The van der Waals surface area contributed by atoms with E-state index in [9.17, 15) is 10.1 Å². The van der Waals surface area contributed by atoms with Crippen molar-refractivity contribution in [1.82, 2.24) is 10.3 Å². The summed E-state index contributed by atoms with van der Waals surface area (Å²) >= 11 is 0. The molecule has 0 atom stereocenters. The molecule has 2 N–H and O–H groups in total. The second kappa shape index (κ2) is 7.31. The van der Waals surface area contributed by atoms with E-state index < -0.39 is 0 Å². The van der Waals surface area contributed by atoms with Crippen molar-refractivity contribution in [2.75, 3.05) is 18.4 Å². The average Bonchev–Trinajstić information content (AvgIpc) is 2.55. The monoisotopic (exact) mass is 322 g/mol. The van der Waals surface area contributed by atoms with Crippen molar-refractivity contribution >= 4 is 22.6 Å². The summed E-state index contributed by atoms with van der Waals surface area (Å²) in [5.41, 5.74) is 2.63. The largest absolute Gasteiger partial charge is 0.367 e. The minimum atomic E-state index is 0.141. The number of carbonyl (C=O) groups is 1. The number of aryl methyl sites for hydroxylation is 1. The predicted octanol–water partition coefficient (Wildman–Crippen LogP) is 3.00. The van der Waals surface area contributed by atoms with Crippen molar-refractivity contribution in [3.05, 3.63) is 35.4 Å². The van der Waals surface area contributed by atoms with Crippen molar-refractivity contribution in [3.63, 3.8) is 0 Å². The van der Waals surface area contributed by atoms with E-state index in [1.807, 2.05) is 12.1 Å². The highest BCUT2D eigenvalue weighted by Gasteiger charge is 2.24. The van der Waals surface area contributed by atoms with E-state index in [4.69, 9.17) is 0 Å². The summed E-state index contributed by atoms with van der Waals surface area (Å²) in [4.78, 5) is 16.3. The van der Waals surface area contributed by atoms with Crippen LogP contribution in [-0.2, 0) is 11.2 Å². The van der Waals surface area contributed by atoms with Crippen LogP contribution in [0, 0.1) is 17.2 Å². The van der Waals surface area contributed by atoms with Gasteiger partial charge in [-0.05, 0) is 43.0 Å².